The molecule has 1 aromatic heterocycles. The lowest BCUT2D eigenvalue weighted by molar-refractivity contribution is -0.121. The standard InChI is InChI=1S/C21H15FN2O3S/c1-13-12-28-21(24-13)18(10-23)19(25)11-27-17-8-4-15(5-9-17)20(26)14-2-6-16(22)7-3-14/h2-9,12,18H,11H2,1H3. The number of thiazole rings is 1. The van der Waals surface area contributed by atoms with Crippen LogP contribution in [0.5, 0.6) is 5.75 Å². The maximum atomic E-state index is 13.0. The Balaban J connectivity index is 1.62. The van der Waals surface area contributed by atoms with Crippen molar-refractivity contribution in [3.05, 3.63) is 81.6 Å². The van der Waals surface area contributed by atoms with E-state index in [1.165, 1.54) is 35.6 Å². The quantitative estimate of drug-likeness (QED) is 0.564. The number of ketones is 2. The van der Waals surface area contributed by atoms with Crippen molar-refractivity contribution in [3.8, 4) is 11.8 Å². The van der Waals surface area contributed by atoms with Gasteiger partial charge in [-0.1, -0.05) is 0 Å². The summed E-state index contributed by atoms with van der Waals surface area (Å²) in [7, 11) is 0. The normalized spacial score (nSPS) is 11.5. The summed E-state index contributed by atoms with van der Waals surface area (Å²) in [5.74, 6) is -1.60. The largest absolute Gasteiger partial charge is 0.486 e. The summed E-state index contributed by atoms with van der Waals surface area (Å²) < 4.78 is 18.4. The first-order valence-electron chi connectivity index (χ1n) is 8.35. The molecule has 0 saturated carbocycles. The van der Waals surface area contributed by atoms with E-state index in [4.69, 9.17) is 4.74 Å². The first-order valence-corrected chi connectivity index (χ1v) is 9.23. The maximum absolute atomic E-state index is 13.0. The molecule has 3 rings (SSSR count). The number of carbonyl (C=O) groups excluding carboxylic acids is 2. The molecule has 28 heavy (non-hydrogen) atoms. The van der Waals surface area contributed by atoms with E-state index in [0.29, 0.717) is 21.9 Å². The maximum Gasteiger partial charge on any atom is 0.194 e. The number of hydrogen-bond acceptors (Lipinski definition) is 6. The molecule has 0 saturated heterocycles. The number of nitriles is 1. The minimum atomic E-state index is -0.960. The topological polar surface area (TPSA) is 80.0 Å². The third-order valence-corrected chi connectivity index (χ3v) is 4.97. The summed E-state index contributed by atoms with van der Waals surface area (Å²) in [6.45, 7) is 1.52. The van der Waals surface area contributed by atoms with Crippen molar-refractivity contribution >= 4 is 22.9 Å². The summed E-state index contributed by atoms with van der Waals surface area (Å²) in [4.78, 5) is 28.8. The number of halogens is 1. The fourth-order valence-electron chi connectivity index (χ4n) is 2.48. The van der Waals surface area contributed by atoms with E-state index in [1.807, 2.05) is 6.07 Å². The number of aromatic nitrogens is 1. The molecule has 3 aromatic rings. The summed E-state index contributed by atoms with van der Waals surface area (Å²) in [5.41, 5.74) is 1.55. The van der Waals surface area contributed by atoms with E-state index in [0.717, 1.165) is 5.69 Å². The van der Waals surface area contributed by atoms with E-state index in [2.05, 4.69) is 4.98 Å². The number of carbonyl (C=O) groups is 2. The molecule has 2 aromatic carbocycles. The van der Waals surface area contributed by atoms with Crippen LogP contribution in [0.2, 0.25) is 0 Å². The van der Waals surface area contributed by atoms with Gasteiger partial charge in [-0.2, -0.15) is 5.26 Å². The monoisotopic (exact) mass is 394 g/mol. The van der Waals surface area contributed by atoms with E-state index in [9.17, 15) is 19.2 Å². The molecule has 5 nitrogen and oxygen atoms in total. The van der Waals surface area contributed by atoms with Crippen LogP contribution < -0.4 is 4.74 Å². The highest BCUT2D eigenvalue weighted by molar-refractivity contribution is 7.09. The smallest absolute Gasteiger partial charge is 0.194 e. The lowest BCUT2D eigenvalue weighted by atomic mass is 10.0. The molecule has 1 atom stereocenters. The van der Waals surface area contributed by atoms with Crippen molar-refractivity contribution in [3.63, 3.8) is 0 Å². The number of ether oxygens (including phenoxy) is 1. The number of Topliss-reactive ketones (excluding diaryl/α,β-unsaturated/α-hetero) is 1. The zero-order valence-electron chi connectivity index (χ0n) is 14.9. The van der Waals surface area contributed by atoms with Gasteiger partial charge in [0.2, 0.25) is 0 Å². The van der Waals surface area contributed by atoms with Crippen molar-refractivity contribution in [2.45, 2.75) is 12.8 Å². The van der Waals surface area contributed by atoms with Gasteiger partial charge in [-0.25, -0.2) is 9.37 Å². The van der Waals surface area contributed by atoms with Gasteiger partial charge in [0.25, 0.3) is 0 Å². The Morgan fingerprint density at radius 1 is 1.14 bits per heavy atom. The van der Waals surface area contributed by atoms with Crippen molar-refractivity contribution in [1.82, 2.24) is 4.98 Å². The van der Waals surface area contributed by atoms with Gasteiger partial charge < -0.3 is 4.74 Å². The van der Waals surface area contributed by atoms with E-state index in [-0.39, 0.29) is 18.2 Å². The molecule has 0 bridgehead atoms. The van der Waals surface area contributed by atoms with Gasteiger partial charge in [0.15, 0.2) is 17.5 Å². The average molecular weight is 394 g/mol. The highest BCUT2D eigenvalue weighted by atomic mass is 32.1. The van der Waals surface area contributed by atoms with E-state index in [1.54, 1.807) is 36.6 Å². The van der Waals surface area contributed by atoms with E-state index >= 15 is 0 Å². The second kappa shape index (κ2) is 8.55. The Bertz CT molecular complexity index is 1040. The summed E-state index contributed by atoms with van der Waals surface area (Å²) >= 11 is 1.27. The van der Waals surface area contributed by atoms with Crippen molar-refractivity contribution in [2.24, 2.45) is 0 Å². The summed E-state index contributed by atoms with van der Waals surface area (Å²) in [6.07, 6.45) is 0. The Labute approximate surface area is 165 Å². The molecule has 1 heterocycles. The van der Waals surface area contributed by atoms with Crippen molar-refractivity contribution < 1.29 is 18.7 Å². The molecule has 7 heteroatoms. The molecule has 0 aliphatic rings. The molecule has 0 fully saturated rings. The molecule has 0 spiro atoms. The number of aryl methyl sites for hydroxylation is 1. The molecule has 0 N–H and O–H groups in total. The van der Waals surface area contributed by atoms with Gasteiger partial charge in [-0.3, -0.25) is 9.59 Å². The Morgan fingerprint density at radius 3 is 2.29 bits per heavy atom. The Hall–Kier alpha value is -3.37. The molecule has 0 amide bonds. The zero-order chi connectivity index (χ0) is 20.1. The number of hydrogen-bond donors (Lipinski definition) is 0. The van der Waals surface area contributed by atoms with Crippen LogP contribution in [0.15, 0.2) is 53.9 Å². The minimum Gasteiger partial charge on any atom is -0.486 e. The minimum absolute atomic E-state index is 0.244. The van der Waals surface area contributed by atoms with Crippen LogP contribution in [0.4, 0.5) is 4.39 Å². The lowest BCUT2D eigenvalue weighted by Gasteiger charge is -2.08. The molecule has 0 aliphatic heterocycles. The number of nitrogens with zero attached hydrogens (tertiary/aromatic N) is 2. The summed E-state index contributed by atoms with van der Waals surface area (Å²) in [5, 5.41) is 11.5. The fourth-order valence-corrected chi connectivity index (χ4v) is 3.34. The van der Waals surface area contributed by atoms with Crippen molar-refractivity contribution in [2.75, 3.05) is 6.61 Å². The van der Waals surface area contributed by atoms with Crippen LogP contribution in [0.25, 0.3) is 0 Å². The molecule has 1 unspecified atom stereocenters. The number of benzene rings is 2. The second-order valence-electron chi connectivity index (χ2n) is 6.00. The highest BCUT2D eigenvalue weighted by Crippen LogP contribution is 2.22. The molecule has 0 aliphatic carbocycles. The first kappa shape index (κ1) is 19.4. The van der Waals surface area contributed by atoms with Gasteiger partial charge in [0, 0.05) is 22.2 Å². The van der Waals surface area contributed by atoms with Crippen LogP contribution >= 0.6 is 11.3 Å². The number of rotatable bonds is 7. The zero-order valence-corrected chi connectivity index (χ0v) is 15.7. The Morgan fingerprint density at radius 2 is 1.75 bits per heavy atom. The molecule has 140 valence electrons. The predicted molar refractivity (Wildman–Crippen MR) is 102 cm³/mol. The Kier molecular flexibility index (Phi) is 5.92. The molecule has 0 radical (unpaired) electrons. The highest BCUT2D eigenvalue weighted by Gasteiger charge is 2.23. The molecular weight excluding hydrogens is 379 g/mol. The first-order chi connectivity index (χ1) is 13.5. The van der Waals surface area contributed by atoms with Crippen LogP contribution in [0, 0.1) is 24.1 Å². The average Bonchev–Trinajstić information content (AvgIpc) is 3.13. The fraction of sp³-hybridized carbons (Fsp3) is 0.143. The van der Waals surface area contributed by atoms with Crippen LogP contribution in [0.3, 0.4) is 0 Å². The van der Waals surface area contributed by atoms with Crippen LogP contribution in [-0.2, 0) is 4.79 Å². The van der Waals surface area contributed by atoms with Crippen LogP contribution in [0.1, 0.15) is 32.5 Å². The van der Waals surface area contributed by atoms with Gasteiger partial charge in [-0.05, 0) is 55.5 Å². The SMILES string of the molecule is Cc1csc(C(C#N)C(=O)COc2ccc(C(=O)c3ccc(F)cc3)cc2)n1. The predicted octanol–water partition coefficient (Wildman–Crippen LogP) is 4.08. The second-order valence-corrected chi connectivity index (χ2v) is 6.89. The third-order valence-electron chi connectivity index (χ3n) is 3.94. The van der Waals surface area contributed by atoms with E-state index < -0.39 is 11.7 Å². The van der Waals surface area contributed by atoms with Gasteiger partial charge in [-0.15, -0.1) is 11.3 Å². The van der Waals surface area contributed by atoms with Gasteiger partial charge in [0.1, 0.15) is 23.2 Å². The third kappa shape index (κ3) is 4.48. The van der Waals surface area contributed by atoms with Crippen LogP contribution in [-0.4, -0.2) is 23.2 Å². The van der Waals surface area contributed by atoms with Crippen molar-refractivity contribution in [1.29, 1.82) is 5.26 Å². The lowest BCUT2D eigenvalue weighted by Crippen LogP contribution is -2.19. The summed E-state index contributed by atoms with van der Waals surface area (Å²) in [6, 6.07) is 13.5. The molecular formula is C21H15FN2O3S. The van der Waals surface area contributed by atoms with Gasteiger partial charge >= 0.3 is 0 Å². The van der Waals surface area contributed by atoms with Gasteiger partial charge in [0.05, 0.1) is 6.07 Å².